The SMILES string of the molecule is Cc1ccc(NCCc2nc(C(C)C)no2)cc1. The van der Waals surface area contributed by atoms with Gasteiger partial charge in [0.1, 0.15) is 0 Å². The van der Waals surface area contributed by atoms with E-state index in [-0.39, 0.29) is 0 Å². The van der Waals surface area contributed by atoms with Gasteiger partial charge in [-0.2, -0.15) is 4.98 Å². The van der Waals surface area contributed by atoms with Crippen LogP contribution in [0.3, 0.4) is 0 Å². The Balaban J connectivity index is 1.82. The molecule has 0 amide bonds. The summed E-state index contributed by atoms with van der Waals surface area (Å²) in [7, 11) is 0. The minimum absolute atomic E-state index is 0.313. The minimum atomic E-state index is 0.313. The molecule has 1 N–H and O–H groups in total. The van der Waals surface area contributed by atoms with E-state index in [1.807, 2.05) is 0 Å². The third-order valence-electron chi connectivity index (χ3n) is 2.72. The fourth-order valence-electron chi connectivity index (χ4n) is 1.59. The number of hydrogen-bond donors (Lipinski definition) is 1. The first kappa shape index (κ1) is 12.6. The number of benzene rings is 1. The Bertz CT molecular complexity index is 488. The molecule has 4 nitrogen and oxygen atoms in total. The number of aromatic nitrogens is 2. The van der Waals surface area contributed by atoms with Gasteiger partial charge >= 0.3 is 0 Å². The zero-order valence-electron chi connectivity index (χ0n) is 11.1. The fourth-order valence-corrected chi connectivity index (χ4v) is 1.59. The highest BCUT2D eigenvalue weighted by molar-refractivity contribution is 5.44. The van der Waals surface area contributed by atoms with Crippen LogP contribution in [-0.2, 0) is 6.42 Å². The molecule has 1 aromatic heterocycles. The monoisotopic (exact) mass is 245 g/mol. The van der Waals surface area contributed by atoms with Crippen molar-refractivity contribution in [3.8, 4) is 0 Å². The van der Waals surface area contributed by atoms with Crippen molar-refractivity contribution in [2.24, 2.45) is 0 Å². The van der Waals surface area contributed by atoms with Gasteiger partial charge in [0.25, 0.3) is 0 Å². The van der Waals surface area contributed by atoms with Gasteiger partial charge < -0.3 is 9.84 Å². The lowest BCUT2D eigenvalue weighted by atomic mass is 10.2. The van der Waals surface area contributed by atoms with E-state index in [2.05, 4.69) is 60.5 Å². The quantitative estimate of drug-likeness (QED) is 0.879. The minimum Gasteiger partial charge on any atom is -0.385 e. The molecular formula is C14H19N3O. The molecule has 0 unspecified atom stereocenters. The van der Waals surface area contributed by atoms with Gasteiger partial charge in [-0.05, 0) is 19.1 Å². The summed E-state index contributed by atoms with van der Waals surface area (Å²) in [5, 5.41) is 7.27. The van der Waals surface area contributed by atoms with Gasteiger partial charge in [-0.1, -0.05) is 36.7 Å². The lowest BCUT2D eigenvalue weighted by Crippen LogP contribution is -2.05. The maximum atomic E-state index is 5.18. The van der Waals surface area contributed by atoms with Crippen molar-refractivity contribution in [2.45, 2.75) is 33.1 Å². The highest BCUT2D eigenvalue weighted by Crippen LogP contribution is 2.11. The predicted octanol–water partition coefficient (Wildman–Crippen LogP) is 3.16. The molecule has 4 heteroatoms. The molecule has 0 fully saturated rings. The van der Waals surface area contributed by atoms with Gasteiger partial charge in [0, 0.05) is 24.6 Å². The van der Waals surface area contributed by atoms with Crippen LogP contribution >= 0.6 is 0 Å². The Morgan fingerprint density at radius 2 is 1.94 bits per heavy atom. The van der Waals surface area contributed by atoms with Crippen molar-refractivity contribution in [1.82, 2.24) is 10.1 Å². The van der Waals surface area contributed by atoms with Crippen LogP contribution in [0.15, 0.2) is 28.8 Å². The molecule has 0 aliphatic rings. The third-order valence-corrected chi connectivity index (χ3v) is 2.72. The van der Waals surface area contributed by atoms with Gasteiger partial charge in [0.2, 0.25) is 5.89 Å². The molecule has 0 spiro atoms. The smallest absolute Gasteiger partial charge is 0.228 e. The standard InChI is InChI=1S/C14H19N3O/c1-10(2)14-16-13(18-17-14)8-9-15-12-6-4-11(3)5-7-12/h4-7,10,15H,8-9H2,1-3H3. The Labute approximate surface area is 107 Å². The maximum Gasteiger partial charge on any atom is 0.228 e. The van der Waals surface area contributed by atoms with Crippen LogP contribution in [-0.4, -0.2) is 16.7 Å². The average Bonchev–Trinajstić information content (AvgIpc) is 2.81. The van der Waals surface area contributed by atoms with E-state index in [4.69, 9.17) is 4.52 Å². The largest absolute Gasteiger partial charge is 0.385 e. The lowest BCUT2D eigenvalue weighted by Gasteiger charge is -2.04. The summed E-state index contributed by atoms with van der Waals surface area (Å²) in [4.78, 5) is 4.34. The maximum absolute atomic E-state index is 5.18. The van der Waals surface area contributed by atoms with Crippen LogP contribution in [0.5, 0.6) is 0 Å². The summed E-state index contributed by atoms with van der Waals surface area (Å²) >= 11 is 0. The van der Waals surface area contributed by atoms with Crippen LogP contribution in [0.4, 0.5) is 5.69 Å². The highest BCUT2D eigenvalue weighted by atomic mass is 16.5. The van der Waals surface area contributed by atoms with Crippen LogP contribution in [0, 0.1) is 6.92 Å². The molecular weight excluding hydrogens is 226 g/mol. The first-order chi connectivity index (χ1) is 8.65. The number of hydrogen-bond acceptors (Lipinski definition) is 4. The number of nitrogens with one attached hydrogen (secondary N) is 1. The first-order valence-corrected chi connectivity index (χ1v) is 6.28. The van der Waals surface area contributed by atoms with Gasteiger partial charge in [-0.25, -0.2) is 0 Å². The average molecular weight is 245 g/mol. The van der Waals surface area contributed by atoms with Crippen molar-refractivity contribution < 1.29 is 4.52 Å². The number of anilines is 1. The molecule has 1 aromatic carbocycles. The van der Waals surface area contributed by atoms with E-state index in [1.54, 1.807) is 0 Å². The molecule has 2 aromatic rings. The van der Waals surface area contributed by atoms with Gasteiger partial charge in [0.15, 0.2) is 5.82 Å². The molecule has 96 valence electrons. The second-order valence-electron chi connectivity index (χ2n) is 4.74. The van der Waals surface area contributed by atoms with Crippen molar-refractivity contribution in [3.63, 3.8) is 0 Å². The normalized spacial score (nSPS) is 10.9. The Morgan fingerprint density at radius 1 is 1.22 bits per heavy atom. The fraction of sp³-hybridized carbons (Fsp3) is 0.429. The van der Waals surface area contributed by atoms with Crippen molar-refractivity contribution in [2.75, 3.05) is 11.9 Å². The van der Waals surface area contributed by atoms with Crippen LogP contribution in [0.25, 0.3) is 0 Å². The third kappa shape index (κ3) is 3.32. The van der Waals surface area contributed by atoms with Gasteiger partial charge in [-0.3, -0.25) is 0 Å². The van der Waals surface area contributed by atoms with Crippen LogP contribution in [0.2, 0.25) is 0 Å². The molecule has 0 saturated carbocycles. The Morgan fingerprint density at radius 3 is 2.56 bits per heavy atom. The molecule has 0 bridgehead atoms. The summed E-state index contributed by atoms with van der Waals surface area (Å²) in [6, 6.07) is 8.32. The molecule has 0 atom stereocenters. The van der Waals surface area contributed by atoms with Gasteiger partial charge in [-0.15, -0.1) is 0 Å². The second kappa shape index (κ2) is 5.67. The zero-order valence-corrected chi connectivity index (χ0v) is 11.1. The summed E-state index contributed by atoms with van der Waals surface area (Å²) < 4.78 is 5.18. The molecule has 0 aliphatic carbocycles. The Hall–Kier alpha value is -1.84. The van der Waals surface area contributed by atoms with Crippen LogP contribution in [0.1, 0.15) is 37.0 Å². The number of aryl methyl sites for hydroxylation is 1. The number of nitrogens with zero attached hydrogens (tertiary/aromatic N) is 2. The summed E-state index contributed by atoms with van der Waals surface area (Å²) in [5.41, 5.74) is 2.38. The summed E-state index contributed by atoms with van der Waals surface area (Å²) in [6.45, 7) is 6.98. The summed E-state index contributed by atoms with van der Waals surface area (Å²) in [6.07, 6.45) is 0.744. The second-order valence-corrected chi connectivity index (χ2v) is 4.74. The van der Waals surface area contributed by atoms with E-state index < -0.39 is 0 Å². The first-order valence-electron chi connectivity index (χ1n) is 6.28. The number of rotatable bonds is 5. The molecule has 1 heterocycles. The van der Waals surface area contributed by atoms with Crippen molar-refractivity contribution in [1.29, 1.82) is 0 Å². The summed E-state index contributed by atoms with van der Waals surface area (Å²) in [5.74, 6) is 1.78. The molecule has 2 rings (SSSR count). The lowest BCUT2D eigenvalue weighted by molar-refractivity contribution is 0.373. The Kier molecular flexibility index (Phi) is 3.97. The van der Waals surface area contributed by atoms with Gasteiger partial charge in [0.05, 0.1) is 0 Å². The van der Waals surface area contributed by atoms with Crippen molar-refractivity contribution >= 4 is 5.69 Å². The highest BCUT2D eigenvalue weighted by Gasteiger charge is 2.08. The van der Waals surface area contributed by atoms with Crippen LogP contribution < -0.4 is 5.32 Å². The van der Waals surface area contributed by atoms with Crippen molar-refractivity contribution in [3.05, 3.63) is 41.5 Å². The zero-order chi connectivity index (χ0) is 13.0. The van der Waals surface area contributed by atoms with E-state index >= 15 is 0 Å². The topological polar surface area (TPSA) is 51.0 Å². The van der Waals surface area contributed by atoms with E-state index in [9.17, 15) is 0 Å². The van der Waals surface area contributed by atoms with E-state index in [1.165, 1.54) is 5.56 Å². The molecule has 0 aliphatic heterocycles. The predicted molar refractivity (Wildman–Crippen MR) is 71.8 cm³/mol. The van der Waals surface area contributed by atoms with E-state index in [0.717, 1.165) is 24.5 Å². The molecule has 0 saturated heterocycles. The molecule has 18 heavy (non-hydrogen) atoms. The molecule has 0 radical (unpaired) electrons. The van der Waals surface area contributed by atoms with E-state index in [0.29, 0.717) is 11.8 Å².